The van der Waals surface area contributed by atoms with Gasteiger partial charge in [0.15, 0.2) is 0 Å². The second-order valence-corrected chi connectivity index (χ2v) is 6.77. The maximum absolute atomic E-state index is 12.9. The van der Waals surface area contributed by atoms with Gasteiger partial charge in [-0.2, -0.15) is 5.26 Å². The minimum atomic E-state index is -0.845. The summed E-state index contributed by atoms with van der Waals surface area (Å²) >= 11 is 1.71. The molecule has 1 aromatic rings. The van der Waals surface area contributed by atoms with Crippen LogP contribution in [0.25, 0.3) is 0 Å². The molecule has 1 amide bonds. The Bertz CT molecular complexity index is 469. The molecule has 0 bridgehead atoms. The van der Waals surface area contributed by atoms with E-state index in [1.54, 1.807) is 16.2 Å². The van der Waals surface area contributed by atoms with Crippen molar-refractivity contribution < 1.29 is 4.79 Å². The van der Waals surface area contributed by atoms with Crippen molar-refractivity contribution in [3.05, 3.63) is 22.4 Å². The van der Waals surface area contributed by atoms with Gasteiger partial charge in [-0.3, -0.25) is 4.79 Å². The number of carbonyl (C=O) groups is 1. The summed E-state index contributed by atoms with van der Waals surface area (Å²) in [6.07, 6.45) is 3.84. The van der Waals surface area contributed by atoms with Gasteiger partial charge in [0.1, 0.15) is 5.41 Å². The van der Waals surface area contributed by atoms with E-state index >= 15 is 0 Å². The van der Waals surface area contributed by atoms with Crippen LogP contribution in [-0.4, -0.2) is 23.9 Å². The van der Waals surface area contributed by atoms with Crippen LogP contribution in [0, 0.1) is 16.7 Å². The molecule has 0 spiro atoms. The van der Waals surface area contributed by atoms with Gasteiger partial charge >= 0.3 is 0 Å². The Hall–Kier alpha value is -1.34. The molecule has 0 N–H and O–H groups in total. The van der Waals surface area contributed by atoms with Crippen LogP contribution in [-0.2, 0) is 11.2 Å². The molecule has 1 aromatic heterocycles. The van der Waals surface area contributed by atoms with Crippen molar-refractivity contribution in [3.8, 4) is 6.07 Å². The first kappa shape index (κ1) is 17.7. The molecule has 0 aromatic carbocycles. The topological polar surface area (TPSA) is 44.1 Å². The van der Waals surface area contributed by atoms with Gasteiger partial charge in [-0.15, -0.1) is 11.3 Å². The number of hydrogen-bond acceptors (Lipinski definition) is 3. The number of carbonyl (C=O) groups excluding carboxylic acids is 1. The lowest BCUT2D eigenvalue weighted by atomic mass is 9.79. The molecule has 0 saturated heterocycles. The summed E-state index contributed by atoms with van der Waals surface area (Å²) in [5.41, 5.74) is -0.845. The average Bonchev–Trinajstić information content (AvgIpc) is 2.98. The Balaban J connectivity index is 2.84. The van der Waals surface area contributed by atoms with E-state index in [-0.39, 0.29) is 11.9 Å². The van der Waals surface area contributed by atoms with E-state index in [0.29, 0.717) is 12.8 Å². The average molecular weight is 306 g/mol. The van der Waals surface area contributed by atoms with Crippen molar-refractivity contribution in [2.45, 2.75) is 58.9 Å². The second kappa shape index (κ2) is 8.19. The Labute approximate surface area is 132 Å². The number of hydrogen-bond donors (Lipinski definition) is 0. The molecule has 0 saturated carbocycles. The van der Waals surface area contributed by atoms with Crippen LogP contribution >= 0.6 is 11.3 Å². The van der Waals surface area contributed by atoms with Crippen LogP contribution in [0.15, 0.2) is 17.5 Å². The Kier molecular flexibility index (Phi) is 6.91. The molecule has 0 aliphatic rings. The lowest BCUT2D eigenvalue weighted by molar-refractivity contribution is -0.140. The molecule has 0 radical (unpaired) electrons. The third-order valence-electron chi connectivity index (χ3n) is 4.04. The van der Waals surface area contributed by atoms with Gasteiger partial charge in [0.2, 0.25) is 5.91 Å². The van der Waals surface area contributed by atoms with E-state index < -0.39 is 5.41 Å². The highest BCUT2D eigenvalue weighted by atomic mass is 32.1. The number of amides is 1. The maximum atomic E-state index is 12.9. The Morgan fingerprint density at radius 3 is 2.48 bits per heavy atom. The number of nitriles is 1. The molecular weight excluding hydrogens is 280 g/mol. The number of nitrogens with zero attached hydrogens (tertiary/aromatic N) is 2. The highest BCUT2D eigenvalue weighted by Gasteiger charge is 2.40. The molecule has 21 heavy (non-hydrogen) atoms. The zero-order valence-corrected chi connectivity index (χ0v) is 14.4. The molecule has 0 aliphatic heterocycles. The standard InChI is InChI=1S/C17H26N2OS/c1-5-9-17(13-18,10-6-2)16(20)19(4)14(3)12-15-8-7-11-21-15/h7-8,11,14H,5-6,9-10,12H2,1-4H3. The zero-order valence-electron chi connectivity index (χ0n) is 13.6. The Morgan fingerprint density at radius 2 is 2.05 bits per heavy atom. The van der Waals surface area contributed by atoms with E-state index in [9.17, 15) is 10.1 Å². The highest BCUT2D eigenvalue weighted by molar-refractivity contribution is 7.09. The molecule has 4 heteroatoms. The third kappa shape index (κ3) is 4.31. The van der Waals surface area contributed by atoms with Crippen LogP contribution < -0.4 is 0 Å². The first-order chi connectivity index (χ1) is 10.0. The van der Waals surface area contributed by atoms with Crippen molar-refractivity contribution in [1.82, 2.24) is 4.90 Å². The largest absolute Gasteiger partial charge is 0.341 e. The fourth-order valence-electron chi connectivity index (χ4n) is 2.75. The predicted molar refractivity (Wildman–Crippen MR) is 88.1 cm³/mol. The monoisotopic (exact) mass is 306 g/mol. The van der Waals surface area contributed by atoms with Gasteiger partial charge in [-0.05, 0) is 31.2 Å². The van der Waals surface area contributed by atoms with E-state index in [4.69, 9.17) is 0 Å². The van der Waals surface area contributed by atoms with E-state index in [1.165, 1.54) is 4.88 Å². The first-order valence-corrected chi connectivity index (χ1v) is 8.59. The SMILES string of the molecule is CCCC(C#N)(CCC)C(=O)N(C)C(C)Cc1cccs1. The van der Waals surface area contributed by atoms with Crippen LogP contribution in [0.3, 0.4) is 0 Å². The summed E-state index contributed by atoms with van der Waals surface area (Å²) in [6, 6.07) is 6.55. The molecule has 116 valence electrons. The predicted octanol–water partition coefficient (Wildman–Crippen LogP) is 4.25. The molecule has 1 heterocycles. The summed E-state index contributed by atoms with van der Waals surface area (Å²) in [4.78, 5) is 15.9. The van der Waals surface area contributed by atoms with E-state index in [0.717, 1.165) is 19.3 Å². The van der Waals surface area contributed by atoms with Crippen molar-refractivity contribution >= 4 is 17.2 Å². The van der Waals surface area contributed by atoms with E-state index in [2.05, 4.69) is 24.4 Å². The summed E-state index contributed by atoms with van der Waals surface area (Å²) in [5, 5.41) is 11.7. The lowest BCUT2D eigenvalue weighted by Crippen LogP contribution is -2.46. The highest BCUT2D eigenvalue weighted by Crippen LogP contribution is 2.32. The summed E-state index contributed by atoms with van der Waals surface area (Å²) in [6.45, 7) is 6.12. The van der Waals surface area contributed by atoms with Gasteiger partial charge in [0.05, 0.1) is 6.07 Å². The summed E-state index contributed by atoms with van der Waals surface area (Å²) in [5.74, 6) is -0.0160. The smallest absolute Gasteiger partial charge is 0.243 e. The fourth-order valence-corrected chi connectivity index (χ4v) is 3.57. The van der Waals surface area contributed by atoms with Gasteiger partial charge in [-0.25, -0.2) is 0 Å². The molecule has 1 atom stereocenters. The zero-order chi connectivity index (χ0) is 15.9. The maximum Gasteiger partial charge on any atom is 0.243 e. The quantitative estimate of drug-likeness (QED) is 0.720. The van der Waals surface area contributed by atoms with Gasteiger partial charge in [-0.1, -0.05) is 32.8 Å². The molecular formula is C17H26N2OS. The van der Waals surface area contributed by atoms with Gasteiger partial charge in [0.25, 0.3) is 0 Å². The van der Waals surface area contributed by atoms with Gasteiger partial charge in [0, 0.05) is 24.4 Å². The van der Waals surface area contributed by atoms with Crippen molar-refractivity contribution in [2.75, 3.05) is 7.05 Å². The normalized spacial score (nSPS) is 12.7. The minimum absolute atomic E-state index is 0.0160. The molecule has 0 aliphatic carbocycles. The van der Waals surface area contributed by atoms with Crippen LogP contribution in [0.1, 0.15) is 51.3 Å². The third-order valence-corrected chi connectivity index (χ3v) is 4.93. The number of thiophene rings is 1. The minimum Gasteiger partial charge on any atom is -0.341 e. The summed E-state index contributed by atoms with van der Waals surface area (Å²) in [7, 11) is 1.83. The lowest BCUT2D eigenvalue weighted by Gasteiger charge is -2.33. The Morgan fingerprint density at radius 1 is 1.43 bits per heavy atom. The van der Waals surface area contributed by atoms with Crippen LogP contribution in [0.5, 0.6) is 0 Å². The molecule has 1 rings (SSSR count). The molecule has 3 nitrogen and oxygen atoms in total. The first-order valence-electron chi connectivity index (χ1n) is 7.71. The molecule has 1 unspecified atom stereocenters. The second-order valence-electron chi connectivity index (χ2n) is 5.74. The van der Waals surface area contributed by atoms with Crippen LogP contribution in [0.4, 0.5) is 0 Å². The fraction of sp³-hybridized carbons (Fsp3) is 0.647. The molecule has 0 fully saturated rings. The van der Waals surface area contributed by atoms with Gasteiger partial charge < -0.3 is 4.90 Å². The number of likely N-dealkylation sites (N-methyl/N-ethyl adjacent to an activating group) is 1. The van der Waals surface area contributed by atoms with Crippen molar-refractivity contribution in [1.29, 1.82) is 5.26 Å². The van der Waals surface area contributed by atoms with Crippen molar-refractivity contribution in [3.63, 3.8) is 0 Å². The summed E-state index contributed by atoms with van der Waals surface area (Å²) < 4.78 is 0. The number of rotatable bonds is 8. The van der Waals surface area contributed by atoms with Crippen molar-refractivity contribution in [2.24, 2.45) is 5.41 Å². The van der Waals surface area contributed by atoms with Crippen LogP contribution in [0.2, 0.25) is 0 Å². The van der Waals surface area contributed by atoms with E-state index in [1.807, 2.05) is 27.0 Å².